The molecule has 5 atom stereocenters. The number of anilines is 1. The van der Waals surface area contributed by atoms with Gasteiger partial charge in [-0.2, -0.15) is 0 Å². The van der Waals surface area contributed by atoms with Gasteiger partial charge < -0.3 is 15.6 Å². The number of nitrogen functional groups attached to an aromatic ring is 1. The Morgan fingerprint density at radius 1 is 1.30 bits per heavy atom. The molecule has 3 aromatic rings. The number of hydrogen-bond acceptors (Lipinski definition) is 9. The molecule has 1 aromatic carbocycles. The number of hydrogen-bond donors (Lipinski definition) is 2. The number of benzene rings is 1. The summed E-state index contributed by atoms with van der Waals surface area (Å²) in [6.45, 7) is 0.213. The average molecular weight is 402 g/mol. The van der Waals surface area contributed by atoms with E-state index in [1.54, 1.807) is 4.57 Å². The maximum atomic E-state index is 11.3. The second kappa shape index (κ2) is 5.05. The van der Waals surface area contributed by atoms with Crippen molar-refractivity contribution in [1.29, 1.82) is 0 Å². The molecule has 5 unspecified atom stereocenters. The normalized spacial score (nSPS) is 35.4. The molecule has 9 nitrogen and oxygen atoms in total. The molecule has 1 saturated carbocycles. The van der Waals surface area contributed by atoms with Crippen molar-refractivity contribution in [3.63, 3.8) is 0 Å². The van der Waals surface area contributed by atoms with E-state index in [1.807, 2.05) is 30.3 Å². The van der Waals surface area contributed by atoms with Gasteiger partial charge >= 0.3 is 7.15 Å². The van der Waals surface area contributed by atoms with Gasteiger partial charge in [0.1, 0.15) is 18.8 Å². The molecular formula is C16H13N5O4PS+. The Labute approximate surface area is 158 Å². The van der Waals surface area contributed by atoms with Crippen molar-refractivity contribution in [1.82, 2.24) is 19.5 Å². The topological polar surface area (TPSA) is 118 Å². The van der Waals surface area contributed by atoms with Crippen LogP contribution >= 0.6 is 7.15 Å². The first-order valence-electron chi connectivity index (χ1n) is 8.27. The van der Waals surface area contributed by atoms with Crippen molar-refractivity contribution in [2.75, 3.05) is 12.3 Å². The smallest absolute Gasteiger partial charge is 0.382 e. The van der Waals surface area contributed by atoms with Crippen LogP contribution in [0.5, 0.6) is 0 Å². The number of nitrogens with zero attached hydrogens (tertiary/aromatic N) is 4. The summed E-state index contributed by atoms with van der Waals surface area (Å²) in [7, 11) is -1.43. The molecule has 2 aliphatic heterocycles. The fourth-order valence-corrected chi connectivity index (χ4v) is 5.33. The van der Waals surface area contributed by atoms with E-state index in [0.717, 1.165) is 5.56 Å². The molecule has 11 heteroatoms. The molecule has 1 spiro atoms. The van der Waals surface area contributed by atoms with E-state index in [9.17, 15) is 5.11 Å². The van der Waals surface area contributed by atoms with Crippen molar-refractivity contribution in [2.45, 2.75) is 23.5 Å². The van der Waals surface area contributed by atoms with E-state index in [2.05, 4.69) is 15.0 Å². The summed E-state index contributed by atoms with van der Waals surface area (Å²) < 4.78 is 18.9. The van der Waals surface area contributed by atoms with Gasteiger partial charge in [0.25, 0.3) is 0 Å². The Morgan fingerprint density at radius 3 is 2.93 bits per heavy atom. The molecule has 1 aliphatic carbocycles. The number of imidazole rings is 1. The number of fused-ring (bicyclic) bond motifs is 2. The Hall–Kier alpha value is -2.07. The van der Waals surface area contributed by atoms with Crippen LogP contribution in [-0.2, 0) is 25.6 Å². The van der Waals surface area contributed by atoms with Crippen LogP contribution in [0.1, 0.15) is 6.23 Å². The third-order valence-electron chi connectivity index (χ3n) is 5.46. The number of rotatable bonds is 2. The molecule has 3 aliphatic rings. The first-order chi connectivity index (χ1) is 13.1. The zero-order chi connectivity index (χ0) is 18.4. The number of aromatic nitrogens is 4. The van der Waals surface area contributed by atoms with Gasteiger partial charge in [0.2, 0.25) is 11.8 Å². The Kier molecular flexibility index (Phi) is 2.98. The van der Waals surface area contributed by atoms with Crippen LogP contribution in [0, 0.1) is 0 Å². The lowest BCUT2D eigenvalue weighted by atomic mass is 10.1. The highest BCUT2D eigenvalue weighted by Gasteiger charge is 2.96. The van der Waals surface area contributed by atoms with E-state index in [4.69, 9.17) is 31.3 Å². The lowest BCUT2D eigenvalue weighted by molar-refractivity contribution is -0.261. The van der Waals surface area contributed by atoms with E-state index < -0.39 is 30.7 Å². The van der Waals surface area contributed by atoms with Crippen LogP contribution in [0.25, 0.3) is 22.6 Å². The van der Waals surface area contributed by atoms with Crippen LogP contribution in [-0.4, -0.2) is 48.5 Å². The van der Waals surface area contributed by atoms with Crippen molar-refractivity contribution in [2.24, 2.45) is 0 Å². The van der Waals surface area contributed by atoms with Crippen molar-refractivity contribution < 1.29 is 18.9 Å². The van der Waals surface area contributed by atoms with Gasteiger partial charge in [-0.1, -0.05) is 30.3 Å². The van der Waals surface area contributed by atoms with Crippen molar-refractivity contribution in [3.8, 4) is 11.4 Å². The van der Waals surface area contributed by atoms with Crippen LogP contribution in [0.3, 0.4) is 0 Å². The maximum absolute atomic E-state index is 11.3. The largest absolute Gasteiger partial charge is 0.522 e. The highest BCUT2D eigenvalue weighted by molar-refractivity contribution is 8.00. The summed E-state index contributed by atoms with van der Waals surface area (Å²) in [5.74, 6) is 0.843. The molecule has 4 heterocycles. The van der Waals surface area contributed by atoms with Crippen LogP contribution < -0.4 is 5.73 Å². The average Bonchev–Trinajstić information content (AvgIpc) is 2.95. The lowest BCUT2D eigenvalue weighted by Crippen LogP contribution is -2.52. The first kappa shape index (κ1) is 15.9. The summed E-state index contributed by atoms with van der Waals surface area (Å²) in [6.07, 6.45) is 0.107. The summed E-state index contributed by atoms with van der Waals surface area (Å²) in [6, 6.07) is 9.57. The number of aliphatic hydroxyl groups is 1. The zero-order valence-corrected chi connectivity index (χ0v) is 15.4. The molecule has 2 saturated heterocycles. The van der Waals surface area contributed by atoms with E-state index in [0.29, 0.717) is 17.0 Å². The molecular weight excluding hydrogens is 389 g/mol. The monoisotopic (exact) mass is 402 g/mol. The molecule has 0 amide bonds. The van der Waals surface area contributed by atoms with Gasteiger partial charge in [0.15, 0.2) is 40.5 Å². The van der Waals surface area contributed by atoms with Gasteiger partial charge in [-0.15, -0.1) is 9.05 Å². The second-order valence-corrected chi connectivity index (χ2v) is 8.58. The summed E-state index contributed by atoms with van der Waals surface area (Å²) in [4.78, 5) is 13.0. The molecule has 3 N–H and O–H groups in total. The van der Waals surface area contributed by atoms with Gasteiger partial charge in [-0.25, -0.2) is 15.0 Å². The fraction of sp³-hybridized carbons (Fsp3) is 0.312. The van der Waals surface area contributed by atoms with Gasteiger partial charge in [-0.05, 0) is 0 Å². The van der Waals surface area contributed by atoms with Crippen molar-refractivity contribution in [3.05, 3.63) is 36.7 Å². The van der Waals surface area contributed by atoms with Crippen LogP contribution in [0.4, 0.5) is 5.82 Å². The first-order valence-corrected chi connectivity index (χ1v) is 10.5. The number of nitrogens with two attached hydrogens (primary N) is 1. The predicted octanol–water partition coefficient (Wildman–Crippen LogP) is 1.28. The quantitative estimate of drug-likeness (QED) is 0.611. The highest BCUT2D eigenvalue weighted by Crippen LogP contribution is 2.73. The van der Waals surface area contributed by atoms with Crippen molar-refractivity contribution >= 4 is 35.9 Å². The minimum absolute atomic E-state index is 0.213. The summed E-state index contributed by atoms with van der Waals surface area (Å²) >= 11 is 5.11. The maximum Gasteiger partial charge on any atom is 0.522 e. The van der Waals surface area contributed by atoms with E-state index >= 15 is 0 Å². The van der Waals surface area contributed by atoms with Gasteiger partial charge in [0, 0.05) is 5.56 Å². The third-order valence-corrected chi connectivity index (χ3v) is 6.76. The molecule has 3 fully saturated rings. The third kappa shape index (κ3) is 1.80. The zero-order valence-electron chi connectivity index (χ0n) is 13.7. The Bertz CT molecular complexity index is 1130. The fourth-order valence-electron chi connectivity index (χ4n) is 4.05. The molecule has 0 bridgehead atoms. The van der Waals surface area contributed by atoms with Crippen LogP contribution in [0.15, 0.2) is 36.7 Å². The Morgan fingerprint density at radius 2 is 2.11 bits per heavy atom. The van der Waals surface area contributed by atoms with E-state index in [-0.39, 0.29) is 12.4 Å². The predicted molar refractivity (Wildman–Crippen MR) is 98.1 cm³/mol. The minimum atomic E-state index is -1.43. The van der Waals surface area contributed by atoms with Gasteiger partial charge in [0.05, 0.1) is 0 Å². The summed E-state index contributed by atoms with van der Waals surface area (Å²) in [5.41, 5.74) is 5.66. The van der Waals surface area contributed by atoms with Gasteiger partial charge in [-0.3, -0.25) is 4.57 Å². The second-order valence-electron chi connectivity index (χ2n) is 6.77. The molecule has 136 valence electrons. The lowest BCUT2D eigenvalue weighted by Gasteiger charge is -2.39. The van der Waals surface area contributed by atoms with Crippen LogP contribution in [0.2, 0.25) is 0 Å². The number of ether oxygens (including phenoxy) is 1. The molecule has 0 radical (unpaired) electrons. The Balaban J connectivity index is 1.55. The standard InChI is InChI=1S/C16H13N5O4PS/c17-10-9-12(19-7-18-10)21(11(20-9)8-4-2-1-3-5-8)14-16(22)13-15(16,24-14)6-23-26(27)25-13/h1-5,7,13-14,22H,6H2,(H2,17,18,19)/q+1. The van der Waals surface area contributed by atoms with E-state index in [1.165, 1.54) is 6.33 Å². The molecule has 2 aromatic heterocycles. The summed E-state index contributed by atoms with van der Waals surface area (Å²) in [5, 5.41) is 11.3. The minimum Gasteiger partial charge on any atom is -0.382 e. The molecule has 6 rings (SSSR count). The SMILES string of the molecule is Nc1ncnc2c1nc(-c1ccccc1)n2C1OC23CO[P+](=S)OC2C13O. The molecule has 27 heavy (non-hydrogen) atoms. The highest BCUT2D eigenvalue weighted by atomic mass is 32.4.